The van der Waals surface area contributed by atoms with E-state index >= 15 is 0 Å². The number of methoxy groups -OCH3 is 1. The molecule has 110 valence electrons. The maximum absolute atomic E-state index is 12.8. The normalized spacial score (nSPS) is 16.5. The van der Waals surface area contributed by atoms with Crippen molar-refractivity contribution in [1.82, 2.24) is 4.90 Å². The Kier molecular flexibility index (Phi) is 5.15. The lowest BCUT2D eigenvalue weighted by Gasteiger charge is -2.42. The van der Waals surface area contributed by atoms with Crippen LogP contribution in [0.15, 0.2) is 30.3 Å². The van der Waals surface area contributed by atoms with Gasteiger partial charge in [-0.25, -0.2) is 0 Å². The second kappa shape index (κ2) is 6.86. The molecule has 4 heteroatoms. The monoisotopic (exact) mass is 276 g/mol. The van der Waals surface area contributed by atoms with Crippen LogP contribution in [0.3, 0.4) is 0 Å². The molecule has 0 aliphatic heterocycles. The van der Waals surface area contributed by atoms with Crippen LogP contribution in [0.2, 0.25) is 0 Å². The van der Waals surface area contributed by atoms with Crippen molar-refractivity contribution in [2.45, 2.75) is 25.8 Å². The van der Waals surface area contributed by atoms with Gasteiger partial charge >= 0.3 is 0 Å². The topological polar surface area (TPSA) is 55.6 Å². The summed E-state index contributed by atoms with van der Waals surface area (Å²) in [5.74, 6) is 0.187. The summed E-state index contributed by atoms with van der Waals surface area (Å²) in [5.41, 5.74) is 6.68. The van der Waals surface area contributed by atoms with Gasteiger partial charge in [-0.2, -0.15) is 0 Å². The van der Waals surface area contributed by atoms with E-state index in [1.807, 2.05) is 35.2 Å². The summed E-state index contributed by atoms with van der Waals surface area (Å²) in [4.78, 5) is 14.7. The molecule has 0 saturated heterocycles. The minimum Gasteiger partial charge on any atom is -0.383 e. The highest BCUT2D eigenvalue weighted by Crippen LogP contribution is 2.41. The molecule has 2 rings (SSSR count). The Morgan fingerprint density at radius 3 is 2.55 bits per heavy atom. The number of carbonyl (C=O) groups is 1. The van der Waals surface area contributed by atoms with Gasteiger partial charge in [0.25, 0.3) is 0 Å². The van der Waals surface area contributed by atoms with Crippen molar-refractivity contribution in [3.05, 3.63) is 35.9 Å². The molecule has 4 nitrogen and oxygen atoms in total. The second-order valence-electron chi connectivity index (χ2n) is 5.54. The molecule has 1 aromatic rings. The molecule has 1 aliphatic carbocycles. The average Bonchev–Trinajstić information content (AvgIpc) is 2.44. The highest BCUT2D eigenvalue weighted by Gasteiger charge is 2.44. The van der Waals surface area contributed by atoms with Gasteiger partial charge in [0.1, 0.15) is 0 Å². The number of ether oxygens (including phenoxy) is 1. The molecule has 20 heavy (non-hydrogen) atoms. The van der Waals surface area contributed by atoms with E-state index in [2.05, 4.69) is 0 Å². The molecule has 0 unspecified atom stereocenters. The Hall–Kier alpha value is -1.39. The van der Waals surface area contributed by atoms with Crippen molar-refractivity contribution in [2.75, 3.05) is 26.8 Å². The standard InChI is InChI=1S/C16H24N2O2/c1-20-11-10-18(12-14-6-3-2-4-7-14)15(19)16(13-17)8-5-9-16/h2-4,6-7H,5,8-13,17H2,1H3. The van der Waals surface area contributed by atoms with Crippen LogP contribution in [0.4, 0.5) is 0 Å². The van der Waals surface area contributed by atoms with Gasteiger partial charge in [-0.15, -0.1) is 0 Å². The third-order valence-electron chi connectivity index (χ3n) is 4.22. The van der Waals surface area contributed by atoms with Crippen molar-refractivity contribution in [1.29, 1.82) is 0 Å². The zero-order chi connectivity index (χ0) is 14.4. The van der Waals surface area contributed by atoms with Crippen LogP contribution in [-0.4, -0.2) is 37.6 Å². The van der Waals surface area contributed by atoms with Crippen molar-refractivity contribution in [2.24, 2.45) is 11.1 Å². The predicted octanol–water partition coefficient (Wildman–Crippen LogP) is 1.79. The van der Waals surface area contributed by atoms with E-state index in [4.69, 9.17) is 10.5 Å². The number of nitrogens with zero attached hydrogens (tertiary/aromatic N) is 1. The van der Waals surface area contributed by atoms with Crippen molar-refractivity contribution in [3.63, 3.8) is 0 Å². The fraction of sp³-hybridized carbons (Fsp3) is 0.562. The second-order valence-corrected chi connectivity index (χ2v) is 5.54. The van der Waals surface area contributed by atoms with Crippen molar-refractivity contribution in [3.8, 4) is 0 Å². The van der Waals surface area contributed by atoms with E-state index in [0.717, 1.165) is 24.8 Å². The van der Waals surface area contributed by atoms with Gasteiger partial charge in [0.05, 0.1) is 12.0 Å². The van der Waals surface area contributed by atoms with Gasteiger partial charge in [-0.3, -0.25) is 4.79 Å². The lowest BCUT2D eigenvalue weighted by atomic mass is 9.67. The molecule has 0 heterocycles. The zero-order valence-corrected chi connectivity index (χ0v) is 12.2. The molecule has 1 amide bonds. The minimum atomic E-state index is -0.317. The highest BCUT2D eigenvalue weighted by atomic mass is 16.5. The largest absolute Gasteiger partial charge is 0.383 e. The van der Waals surface area contributed by atoms with E-state index in [9.17, 15) is 4.79 Å². The molecule has 2 N–H and O–H groups in total. The Labute approximate surface area is 120 Å². The third kappa shape index (κ3) is 3.19. The van der Waals surface area contributed by atoms with Crippen molar-refractivity contribution < 1.29 is 9.53 Å². The summed E-state index contributed by atoms with van der Waals surface area (Å²) in [6.45, 7) is 2.25. The smallest absolute Gasteiger partial charge is 0.230 e. The maximum Gasteiger partial charge on any atom is 0.230 e. The first-order chi connectivity index (χ1) is 9.72. The first-order valence-electron chi connectivity index (χ1n) is 7.24. The molecule has 0 bridgehead atoms. The number of hydrogen-bond acceptors (Lipinski definition) is 3. The number of hydrogen-bond donors (Lipinski definition) is 1. The summed E-state index contributed by atoms with van der Waals surface area (Å²) in [6.07, 6.45) is 2.94. The van der Waals surface area contributed by atoms with E-state index in [1.54, 1.807) is 7.11 Å². The lowest BCUT2D eigenvalue weighted by molar-refractivity contribution is -0.148. The molecule has 0 aromatic heterocycles. The molecule has 0 atom stereocenters. The Bertz CT molecular complexity index is 424. The number of nitrogens with two attached hydrogens (primary N) is 1. The molecular weight excluding hydrogens is 252 g/mol. The highest BCUT2D eigenvalue weighted by molar-refractivity contribution is 5.84. The third-order valence-corrected chi connectivity index (χ3v) is 4.22. The van der Waals surface area contributed by atoms with Gasteiger partial charge in [0.2, 0.25) is 5.91 Å². The molecule has 0 radical (unpaired) electrons. The van der Waals surface area contributed by atoms with E-state index in [0.29, 0.717) is 26.2 Å². The van der Waals surface area contributed by atoms with Gasteiger partial charge < -0.3 is 15.4 Å². The Morgan fingerprint density at radius 2 is 2.05 bits per heavy atom. The quantitative estimate of drug-likeness (QED) is 0.826. The van der Waals surface area contributed by atoms with E-state index < -0.39 is 0 Å². The average molecular weight is 276 g/mol. The zero-order valence-electron chi connectivity index (χ0n) is 12.2. The van der Waals surface area contributed by atoms with Gasteiger partial charge in [-0.1, -0.05) is 36.8 Å². The van der Waals surface area contributed by atoms with Crippen LogP contribution in [0.1, 0.15) is 24.8 Å². The maximum atomic E-state index is 12.8. The van der Waals surface area contributed by atoms with E-state index in [1.165, 1.54) is 0 Å². The van der Waals surface area contributed by atoms with Gasteiger partial charge in [-0.05, 0) is 18.4 Å². The van der Waals surface area contributed by atoms with Crippen LogP contribution in [0.5, 0.6) is 0 Å². The predicted molar refractivity (Wildman–Crippen MR) is 79.1 cm³/mol. The molecular formula is C16H24N2O2. The van der Waals surface area contributed by atoms with Crippen LogP contribution in [-0.2, 0) is 16.1 Å². The SMILES string of the molecule is COCCN(Cc1ccccc1)C(=O)C1(CN)CCC1. The fourth-order valence-electron chi connectivity index (χ4n) is 2.70. The number of amides is 1. The number of carbonyl (C=O) groups excluding carboxylic acids is 1. The fourth-order valence-corrected chi connectivity index (χ4v) is 2.70. The van der Waals surface area contributed by atoms with Gasteiger partial charge in [0.15, 0.2) is 0 Å². The molecule has 0 spiro atoms. The molecule has 1 aromatic carbocycles. The first kappa shape index (κ1) is 15.0. The molecule has 1 fully saturated rings. The molecule has 1 aliphatic rings. The Morgan fingerprint density at radius 1 is 1.35 bits per heavy atom. The minimum absolute atomic E-state index is 0.187. The number of rotatable bonds is 7. The van der Waals surface area contributed by atoms with Crippen LogP contribution >= 0.6 is 0 Å². The lowest BCUT2D eigenvalue weighted by Crippen LogP contribution is -2.52. The summed E-state index contributed by atoms with van der Waals surface area (Å²) in [6, 6.07) is 10.1. The van der Waals surface area contributed by atoms with Crippen molar-refractivity contribution >= 4 is 5.91 Å². The molecule has 1 saturated carbocycles. The summed E-state index contributed by atoms with van der Waals surface area (Å²) >= 11 is 0. The van der Waals surface area contributed by atoms with E-state index in [-0.39, 0.29) is 11.3 Å². The summed E-state index contributed by atoms with van der Waals surface area (Å²) < 4.78 is 5.13. The van der Waals surface area contributed by atoms with Crippen LogP contribution < -0.4 is 5.73 Å². The Balaban J connectivity index is 2.08. The first-order valence-corrected chi connectivity index (χ1v) is 7.24. The van der Waals surface area contributed by atoms with Gasteiger partial charge in [0, 0.05) is 26.7 Å². The summed E-state index contributed by atoms with van der Waals surface area (Å²) in [5, 5.41) is 0. The summed E-state index contributed by atoms with van der Waals surface area (Å²) in [7, 11) is 1.66. The number of benzene rings is 1. The van der Waals surface area contributed by atoms with Crippen LogP contribution in [0.25, 0.3) is 0 Å². The van der Waals surface area contributed by atoms with Crippen LogP contribution in [0, 0.1) is 5.41 Å².